The van der Waals surface area contributed by atoms with Crippen LogP contribution in [0.2, 0.25) is 0 Å². The van der Waals surface area contributed by atoms with E-state index < -0.39 is 0 Å². The van der Waals surface area contributed by atoms with Crippen molar-refractivity contribution >= 4 is 0 Å². The molecule has 13 heavy (non-hydrogen) atoms. The van der Waals surface area contributed by atoms with Crippen LogP contribution in [0.25, 0.3) is 0 Å². The number of hydrogen-bond acceptors (Lipinski definition) is 0. The van der Waals surface area contributed by atoms with Crippen LogP contribution in [0.4, 0.5) is 0 Å². The molecule has 0 rings (SSSR count). The molecule has 0 aliphatic heterocycles. The van der Waals surface area contributed by atoms with Gasteiger partial charge < -0.3 is 0 Å². The first-order valence-electron chi connectivity index (χ1n) is 5.27. The SMILES string of the molecule is C/C=C\C(C)/C=C\C=C/CC.CC. The van der Waals surface area contributed by atoms with Crippen molar-refractivity contribution < 1.29 is 0 Å². The summed E-state index contributed by atoms with van der Waals surface area (Å²) in [4.78, 5) is 0. The van der Waals surface area contributed by atoms with Crippen LogP contribution < -0.4 is 0 Å². The monoisotopic (exact) mass is 180 g/mol. The molecule has 0 aromatic carbocycles. The molecule has 0 radical (unpaired) electrons. The van der Waals surface area contributed by atoms with Gasteiger partial charge in [0.25, 0.3) is 0 Å². The highest BCUT2D eigenvalue weighted by Crippen LogP contribution is 1.98. The van der Waals surface area contributed by atoms with Crippen molar-refractivity contribution in [3.63, 3.8) is 0 Å². The van der Waals surface area contributed by atoms with Crippen LogP contribution in [0.15, 0.2) is 36.5 Å². The molecule has 1 atom stereocenters. The first kappa shape index (κ1) is 14.7. The maximum atomic E-state index is 2.19. The molecule has 0 heteroatoms. The highest BCUT2D eigenvalue weighted by Gasteiger charge is 1.84. The summed E-state index contributed by atoms with van der Waals surface area (Å²) in [5.74, 6) is 0.557. The average Bonchev–Trinajstić information content (AvgIpc) is 2.16. The summed E-state index contributed by atoms with van der Waals surface area (Å²) in [6.45, 7) is 10.4. The fourth-order valence-electron chi connectivity index (χ4n) is 0.822. The van der Waals surface area contributed by atoms with Gasteiger partial charge in [0.2, 0.25) is 0 Å². The molecule has 0 aromatic heterocycles. The minimum Gasteiger partial charge on any atom is -0.0911 e. The Labute approximate surface area is 84.1 Å². The van der Waals surface area contributed by atoms with Gasteiger partial charge in [0.15, 0.2) is 0 Å². The summed E-state index contributed by atoms with van der Waals surface area (Å²) in [5.41, 5.74) is 0. The Bertz CT molecular complexity index is 149. The Hall–Kier alpha value is -0.780. The highest BCUT2D eigenvalue weighted by molar-refractivity contribution is 5.07. The van der Waals surface area contributed by atoms with Crippen molar-refractivity contribution in [1.82, 2.24) is 0 Å². The molecule has 0 aromatic rings. The van der Waals surface area contributed by atoms with Gasteiger partial charge in [-0.2, -0.15) is 0 Å². The van der Waals surface area contributed by atoms with Crippen LogP contribution in [0, 0.1) is 5.92 Å². The third-order valence-electron chi connectivity index (χ3n) is 1.39. The van der Waals surface area contributed by atoms with Gasteiger partial charge in [-0.1, -0.05) is 64.2 Å². The molecular formula is C13H24. The van der Waals surface area contributed by atoms with Gasteiger partial charge in [0.05, 0.1) is 0 Å². The van der Waals surface area contributed by atoms with E-state index >= 15 is 0 Å². The summed E-state index contributed by atoms with van der Waals surface area (Å²) >= 11 is 0. The molecule has 0 aliphatic carbocycles. The molecule has 0 fully saturated rings. The Morgan fingerprint density at radius 2 is 1.69 bits per heavy atom. The number of allylic oxidation sites excluding steroid dienone is 6. The maximum Gasteiger partial charge on any atom is -0.00789 e. The Morgan fingerprint density at radius 3 is 2.15 bits per heavy atom. The van der Waals surface area contributed by atoms with Gasteiger partial charge >= 0.3 is 0 Å². The fraction of sp³-hybridized carbons (Fsp3) is 0.538. The molecule has 0 spiro atoms. The minimum atomic E-state index is 0.557. The second-order valence-corrected chi connectivity index (χ2v) is 2.61. The first-order chi connectivity index (χ1) is 6.31. The topological polar surface area (TPSA) is 0 Å². The van der Waals surface area contributed by atoms with Gasteiger partial charge in [-0.25, -0.2) is 0 Å². The van der Waals surface area contributed by atoms with E-state index in [4.69, 9.17) is 0 Å². The van der Waals surface area contributed by atoms with E-state index in [1.54, 1.807) is 0 Å². The molecule has 0 heterocycles. The van der Waals surface area contributed by atoms with Crippen LogP contribution in [0.1, 0.15) is 41.0 Å². The normalized spacial score (nSPS) is 13.6. The fourth-order valence-corrected chi connectivity index (χ4v) is 0.822. The minimum absolute atomic E-state index is 0.557. The maximum absolute atomic E-state index is 2.19. The molecule has 0 saturated heterocycles. The van der Waals surface area contributed by atoms with E-state index in [0.29, 0.717) is 5.92 Å². The van der Waals surface area contributed by atoms with Gasteiger partial charge in [0.1, 0.15) is 0 Å². The summed E-state index contributed by atoms with van der Waals surface area (Å²) in [6.07, 6.45) is 13.9. The zero-order valence-electron chi connectivity index (χ0n) is 9.75. The molecule has 0 saturated carbocycles. The van der Waals surface area contributed by atoms with Crippen LogP contribution in [-0.4, -0.2) is 0 Å². The molecule has 1 unspecified atom stereocenters. The third kappa shape index (κ3) is 14.1. The predicted octanol–water partition coefficient (Wildman–Crippen LogP) is 4.75. The molecule has 0 bridgehead atoms. The second kappa shape index (κ2) is 13.8. The van der Waals surface area contributed by atoms with Gasteiger partial charge in [0, 0.05) is 0 Å². The predicted molar refractivity (Wildman–Crippen MR) is 63.9 cm³/mol. The van der Waals surface area contributed by atoms with Crippen molar-refractivity contribution in [3.8, 4) is 0 Å². The molecule has 0 amide bonds. The van der Waals surface area contributed by atoms with Crippen molar-refractivity contribution in [2.75, 3.05) is 0 Å². The van der Waals surface area contributed by atoms with Crippen LogP contribution in [-0.2, 0) is 0 Å². The lowest BCUT2D eigenvalue weighted by molar-refractivity contribution is 0.937. The molecule has 0 aliphatic rings. The standard InChI is InChI=1S/C11H18.C2H6/c1-4-6-7-8-10-11(3)9-5-2;1-2/h5-11H,4H2,1-3H3;1-2H3/b7-6-,9-5-,10-8-;. The first-order valence-corrected chi connectivity index (χ1v) is 5.27. The quantitative estimate of drug-likeness (QED) is 0.433. The zero-order valence-corrected chi connectivity index (χ0v) is 9.75. The molecule has 76 valence electrons. The van der Waals surface area contributed by atoms with Crippen molar-refractivity contribution in [3.05, 3.63) is 36.5 Å². The van der Waals surface area contributed by atoms with E-state index in [1.165, 1.54) is 0 Å². The third-order valence-corrected chi connectivity index (χ3v) is 1.39. The summed E-state index contributed by atoms with van der Waals surface area (Å²) in [6, 6.07) is 0. The van der Waals surface area contributed by atoms with Crippen molar-refractivity contribution in [1.29, 1.82) is 0 Å². The largest absolute Gasteiger partial charge is 0.0911 e. The van der Waals surface area contributed by atoms with Crippen molar-refractivity contribution in [2.24, 2.45) is 5.92 Å². The highest BCUT2D eigenvalue weighted by atomic mass is 13.9. The van der Waals surface area contributed by atoms with E-state index in [2.05, 4.69) is 50.3 Å². The summed E-state index contributed by atoms with van der Waals surface area (Å²) in [7, 11) is 0. The summed E-state index contributed by atoms with van der Waals surface area (Å²) in [5, 5.41) is 0. The van der Waals surface area contributed by atoms with Gasteiger partial charge in [-0.05, 0) is 19.3 Å². The molecular weight excluding hydrogens is 156 g/mol. The van der Waals surface area contributed by atoms with Crippen molar-refractivity contribution in [2.45, 2.75) is 41.0 Å². The Morgan fingerprint density at radius 1 is 1.08 bits per heavy atom. The van der Waals surface area contributed by atoms with Gasteiger partial charge in [-0.3, -0.25) is 0 Å². The lowest BCUT2D eigenvalue weighted by Gasteiger charge is -1.93. The van der Waals surface area contributed by atoms with Crippen LogP contribution in [0.5, 0.6) is 0 Å². The van der Waals surface area contributed by atoms with E-state index in [9.17, 15) is 0 Å². The number of rotatable bonds is 4. The van der Waals surface area contributed by atoms with E-state index in [0.717, 1.165) is 6.42 Å². The Balaban J connectivity index is 0. The lowest BCUT2D eigenvalue weighted by atomic mass is 10.1. The average molecular weight is 180 g/mol. The van der Waals surface area contributed by atoms with E-state index in [1.807, 2.05) is 20.8 Å². The molecule has 0 nitrogen and oxygen atoms in total. The van der Waals surface area contributed by atoms with E-state index in [-0.39, 0.29) is 0 Å². The van der Waals surface area contributed by atoms with Crippen LogP contribution in [0.3, 0.4) is 0 Å². The smallest absolute Gasteiger partial charge is 0.00789 e. The van der Waals surface area contributed by atoms with Crippen LogP contribution >= 0.6 is 0 Å². The molecule has 0 N–H and O–H groups in total. The lowest BCUT2D eigenvalue weighted by Crippen LogP contribution is -1.79. The van der Waals surface area contributed by atoms with Gasteiger partial charge in [-0.15, -0.1) is 0 Å². The summed E-state index contributed by atoms with van der Waals surface area (Å²) < 4.78 is 0. The second-order valence-electron chi connectivity index (χ2n) is 2.61. The zero-order chi connectivity index (χ0) is 10.5. The number of hydrogen-bond donors (Lipinski definition) is 0. The Kier molecular flexibility index (Phi) is 15.6.